The largest absolute Gasteiger partial charge is 0.493 e. The summed E-state index contributed by atoms with van der Waals surface area (Å²) in [6.45, 7) is 0. The summed E-state index contributed by atoms with van der Waals surface area (Å²) in [4.78, 5) is 29.0. The average molecular weight is 547 g/mol. The van der Waals surface area contributed by atoms with E-state index in [9.17, 15) is 14.9 Å². The van der Waals surface area contributed by atoms with Gasteiger partial charge in [-0.05, 0) is 42.5 Å². The Kier molecular flexibility index (Phi) is 6.67. The molecule has 0 unspecified atom stereocenters. The Morgan fingerprint density at radius 2 is 1.91 bits per heavy atom. The summed E-state index contributed by atoms with van der Waals surface area (Å²) in [5, 5.41) is 16.8. The van der Waals surface area contributed by atoms with Crippen molar-refractivity contribution in [3.8, 4) is 11.5 Å². The number of hydrogen-bond donors (Lipinski definition) is 0. The summed E-state index contributed by atoms with van der Waals surface area (Å²) in [7, 11) is 2.99. The molecule has 33 heavy (non-hydrogen) atoms. The molecule has 2 aromatic carbocycles. The molecule has 9 nitrogen and oxygen atoms in total. The van der Waals surface area contributed by atoms with Crippen LogP contribution in [0.25, 0.3) is 10.2 Å². The standard InChI is InChI=1S/C21H15BrN4O5S2/c1-30-16-7-3-12(9-17(16)31-2)20(27)25(23-11-14-5-8-19(32-14)26(28)29)21-24-15-6-4-13(22)10-18(15)33-21/h3-11H,1-2H3/b23-11+. The summed E-state index contributed by atoms with van der Waals surface area (Å²) in [6.07, 6.45) is 1.40. The van der Waals surface area contributed by atoms with Crippen LogP contribution in [0.1, 0.15) is 15.2 Å². The number of aromatic nitrogens is 1. The fourth-order valence-electron chi connectivity index (χ4n) is 2.88. The van der Waals surface area contributed by atoms with Gasteiger partial charge in [-0.25, -0.2) is 4.98 Å². The number of methoxy groups -OCH3 is 2. The van der Waals surface area contributed by atoms with E-state index in [4.69, 9.17) is 9.47 Å². The zero-order valence-corrected chi connectivity index (χ0v) is 20.4. The molecule has 0 aliphatic rings. The van der Waals surface area contributed by atoms with Crippen LogP contribution in [0.4, 0.5) is 10.1 Å². The van der Waals surface area contributed by atoms with Crippen LogP contribution in [-0.4, -0.2) is 36.2 Å². The first-order valence-corrected chi connectivity index (χ1v) is 11.7. The third kappa shape index (κ3) is 4.87. The Morgan fingerprint density at radius 1 is 1.12 bits per heavy atom. The van der Waals surface area contributed by atoms with Crippen molar-refractivity contribution in [2.24, 2.45) is 5.10 Å². The number of amides is 1. The number of hydrazone groups is 1. The molecule has 0 fully saturated rings. The number of hydrogen-bond acceptors (Lipinski definition) is 9. The molecule has 0 N–H and O–H groups in total. The van der Waals surface area contributed by atoms with Gasteiger partial charge < -0.3 is 9.47 Å². The molecule has 168 valence electrons. The van der Waals surface area contributed by atoms with Crippen molar-refractivity contribution in [3.05, 3.63) is 73.6 Å². The molecule has 4 rings (SSSR count). The van der Waals surface area contributed by atoms with Crippen molar-refractivity contribution in [1.82, 2.24) is 4.98 Å². The third-order valence-corrected chi connectivity index (χ3v) is 6.89. The molecule has 0 radical (unpaired) electrons. The van der Waals surface area contributed by atoms with Crippen LogP contribution < -0.4 is 14.5 Å². The fourth-order valence-corrected chi connectivity index (χ4v) is 5.04. The lowest BCUT2D eigenvalue weighted by Gasteiger charge is -2.15. The summed E-state index contributed by atoms with van der Waals surface area (Å²) in [5.41, 5.74) is 1.02. The number of thiazole rings is 1. The van der Waals surface area contributed by atoms with Crippen LogP contribution in [-0.2, 0) is 0 Å². The minimum Gasteiger partial charge on any atom is -0.493 e. The van der Waals surface area contributed by atoms with Gasteiger partial charge in [-0.3, -0.25) is 14.9 Å². The fraction of sp³-hybridized carbons (Fsp3) is 0.0952. The van der Waals surface area contributed by atoms with E-state index in [1.807, 2.05) is 18.2 Å². The van der Waals surface area contributed by atoms with E-state index in [-0.39, 0.29) is 5.00 Å². The van der Waals surface area contributed by atoms with Crippen LogP contribution in [0.3, 0.4) is 0 Å². The zero-order valence-electron chi connectivity index (χ0n) is 17.2. The Labute approximate surface area is 204 Å². The van der Waals surface area contributed by atoms with Gasteiger partial charge in [-0.1, -0.05) is 38.6 Å². The van der Waals surface area contributed by atoms with Crippen LogP contribution >= 0.6 is 38.6 Å². The molecule has 4 aromatic rings. The zero-order chi connectivity index (χ0) is 23.5. The molecular weight excluding hydrogens is 532 g/mol. The summed E-state index contributed by atoms with van der Waals surface area (Å²) >= 11 is 5.69. The maximum Gasteiger partial charge on any atom is 0.324 e. The SMILES string of the molecule is COc1ccc(C(=O)N(/N=C/c2ccc([N+](=O)[O-])s2)c2nc3ccc(Br)cc3s2)cc1OC. The number of carbonyl (C=O) groups is 1. The van der Waals surface area contributed by atoms with Gasteiger partial charge in [0.05, 0.1) is 40.5 Å². The summed E-state index contributed by atoms with van der Waals surface area (Å²) in [6, 6.07) is 13.4. The molecule has 12 heteroatoms. The van der Waals surface area contributed by atoms with Gasteiger partial charge in [0.2, 0.25) is 5.13 Å². The number of nitrogens with zero attached hydrogens (tertiary/aromatic N) is 4. The minimum atomic E-state index is -0.472. The highest BCUT2D eigenvalue weighted by Gasteiger charge is 2.23. The van der Waals surface area contributed by atoms with Crippen molar-refractivity contribution in [2.45, 2.75) is 0 Å². The second-order valence-electron chi connectivity index (χ2n) is 6.47. The van der Waals surface area contributed by atoms with Crippen LogP contribution in [0.2, 0.25) is 0 Å². The van der Waals surface area contributed by atoms with Crippen molar-refractivity contribution < 1.29 is 19.2 Å². The third-order valence-electron chi connectivity index (χ3n) is 4.44. The van der Waals surface area contributed by atoms with Crippen LogP contribution in [0, 0.1) is 10.1 Å². The van der Waals surface area contributed by atoms with Gasteiger partial charge in [0, 0.05) is 16.1 Å². The molecule has 2 aromatic heterocycles. The highest BCUT2D eigenvalue weighted by atomic mass is 79.9. The molecule has 0 aliphatic carbocycles. The molecule has 0 atom stereocenters. The normalized spacial score (nSPS) is 11.1. The molecule has 2 heterocycles. The number of nitro groups is 1. The molecule has 0 bridgehead atoms. The van der Waals surface area contributed by atoms with E-state index in [0.29, 0.717) is 32.6 Å². The highest BCUT2D eigenvalue weighted by molar-refractivity contribution is 9.10. The molecule has 0 saturated heterocycles. The summed E-state index contributed by atoms with van der Waals surface area (Å²) in [5.74, 6) is 0.436. The first-order valence-electron chi connectivity index (χ1n) is 9.30. The van der Waals surface area contributed by atoms with Crippen molar-refractivity contribution in [2.75, 3.05) is 19.2 Å². The van der Waals surface area contributed by atoms with Gasteiger partial charge in [0.25, 0.3) is 5.91 Å². The van der Waals surface area contributed by atoms with E-state index >= 15 is 0 Å². The van der Waals surface area contributed by atoms with E-state index < -0.39 is 10.8 Å². The number of benzene rings is 2. The Bertz CT molecular complexity index is 1380. The van der Waals surface area contributed by atoms with Gasteiger partial charge >= 0.3 is 5.00 Å². The van der Waals surface area contributed by atoms with E-state index in [1.165, 1.54) is 42.8 Å². The lowest BCUT2D eigenvalue weighted by Crippen LogP contribution is -2.25. The van der Waals surface area contributed by atoms with Crippen molar-refractivity contribution in [3.63, 3.8) is 0 Å². The van der Waals surface area contributed by atoms with Crippen molar-refractivity contribution in [1.29, 1.82) is 0 Å². The summed E-state index contributed by atoms with van der Waals surface area (Å²) < 4.78 is 12.3. The number of carbonyl (C=O) groups excluding carboxylic acids is 1. The van der Waals surface area contributed by atoms with Gasteiger partial charge in [0.15, 0.2) is 11.5 Å². The molecular formula is C21H15BrN4O5S2. The molecule has 1 amide bonds. The highest BCUT2D eigenvalue weighted by Crippen LogP contribution is 2.33. The minimum absolute atomic E-state index is 0.0148. The number of anilines is 1. The number of thiophene rings is 1. The number of fused-ring (bicyclic) bond motifs is 1. The number of halogens is 1. The second-order valence-corrected chi connectivity index (χ2v) is 9.49. The quantitative estimate of drug-likeness (QED) is 0.166. The van der Waals surface area contributed by atoms with Gasteiger partial charge in [0.1, 0.15) is 0 Å². The first kappa shape index (κ1) is 22.8. The molecule has 0 spiro atoms. The van der Waals surface area contributed by atoms with Crippen LogP contribution in [0.15, 0.2) is 58.1 Å². The lowest BCUT2D eigenvalue weighted by atomic mass is 10.2. The van der Waals surface area contributed by atoms with Gasteiger partial charge in [-0.2, -0.15) is 10.1 Å². The van der Waals surface area contributed by atoms with Gasteiger partial charge in [-0.15, -0.1) is 0 Å². The lowest BCUT2D eigenvalue weighted by molar-refractivity contribution is -0.380. The van der Waals surface area contributed by atoms with Crippen molar-refractivity contribution >= 4 is 71.1 Å². The number of ether oxygens (including phenoxy) is 2. The monoisotopic (exact) mass is 546 g/mol. The maximum absolute atomic E-state index is 13.5. The Balaban J connectivity index is 1.76. The topological polar surface area (TPSA) is 107 Å². The van der Waals surface area contributed by atoms with E-state index in [0.717, 1.165) is 20.5 Å². The second kappa shape index (κ2) is 9.65. The first-order chi connectivity index (χ1) is 15.9. The van der Waals surface area contributed by atoms with E-state index in [1.54, 1.807) is 24.3 Å². The smallest absolute Gasteiger partial charge is 0.324 e. The van der Waals surface area contributed by atoms with E-state index in [2.05, 4.69) is 26.0 Å². The average Bonchev–Trinajstić information content (AvgIpc) is 3.45. The maximum atomic E-state index is 13.5. The predicted molar refractivity (Wildman–Crippen MR) is 132 cm³/mol. The Hall–Kier alpha value is -3.35. The number of rotatable bonds is 7. The Morgan fingerprint density at radius 3 is 2.61 bits per heavy atom. The molecule has 0 aliphatic heterocycles. The predicted octanol–water partition coefficient (Wildman–Crippen LogP) is 5.73. The molecule has 0 saturated carbocycles. The van der Waals surface area contributed by atoms with Crippen LogP contribution in [0.5, 0.6) is 11.5 Å².